The highest BCUT2D eigenvalue weighted by Crippen LogP contribution is 2.44. The molecule has 0 radical (unpaired) electrons. The third-order valence-electron chi connectivity index (χ3n) is 6.29. The molecule has 0 saturated heterocycles. The van der Waals surface area contributed by atoms with Gasteiger partial charge in [-0.05, 0) is 28.8 Å². The minimum atomic E-state index is -0.671. The molecule has 0 unspecified atom stereocenters. The first kappa shape index (κ1) is 27.5. The van der Waals surface area contributed by atoms with E-state index in [-0.39, 0.29) is 35.0 Å². The van der Waals surface area contributed by atoms with E-state index in [4.69, 9.17) is 23.7 Å². The molecule has 0 saturated carbocycles. The maximum atomic E-state index is 13.3. The van der Waals surface area contributed by atoms with Gasteiger partial charge in [-0.2, -0.15) is 0 Å². The predicted molar refractivity (Wildman–Crippen MR) is 149 cm³/mol. The summed E-state index contributed by atoms with van der Waals surface area (Å²) < 4.78 is 29.0. The van der Waals surface area contributed by atoms with E-state index < -0.39 is 18.0 Å². The third kappa shape index (κ3) is 6.91. The largest absolute Gasteiger partial charge is 0.485 e. The Balaban J connectivity index is 1.45. The summed E-state index contributed by atoms with van der Waals surface area (Å²) in [6, 6.07) is 27.7. The van der Waals surface area contributed by atoms with Crippen LogP contribution in [0.2, 0.25) is 0 Å². The molecule has 0 bridgehead atoms. The molecule has 5 rings (SSSR count). The van der Waals surface area contributed by atoms with E-state index in [0.717, 1.165) is 11.1 Å². The van der Waals surface area contributed by atoms with Gasteiger partial charge in [0.05, 0.1) is 6.42 Å². The Morgan fingerprint density at radius 1 is 0.732 bits per heavy atom. The first-order valence-corrected chi connectivity index (χ1v) is 13.1. The molecule has 4 aromatic rings. The fraction of sp³-hybridized carbons (Fsp3) is 0.182. The van der Waals surface area contributed by atoms with Crippen LogP contribution in [0.15, 0.2) is 91.0 Å². The van der Waals surface area contributed by atoms with Crippen LogP contribution in [0.5, 0.6) is 28.7 Å². The quantitative estimate of drug-likeness (QED) is 0.174. The van der Waals surface area contributed by atoms with Crippen LogP contribution < -0.4 is 23.7 Å². The van der Waals surface area contributed by atoms with Crippen molar-refractivity contribution in [3.05, 3.63) is 113 Å². The second-order valence-electron chi connectivity index (χ2n) is 9.47. The normalized spacial score (nSPS) is 13.9. The van der Waals surface area contributed by atoms with Crippen molar-refractivity contribution in [2.24, 2.45) is 0 Å². The number of ether oxygens (including phenoxy) is 5. The van der Waals surface area contributed by atoms with Gasteiger partial charge >= 0.3 is 11.9 Å². The average Bonchev–Trinajstić information content (AvgIpc) is 2.95. The van der Waals surface area contributed by atoms with Gasteiger partial charge in [-0.25, -0.2) is 0 Å². The summed E-state index contributed by atoms with van der Waals surface area (Å²) in [5, 5.41) is 0. The van der Waals surface area contributed by atoms with Crippen LogP contribution >= 0.6 is 0 Å². The first-order valence-electron chi connectivity index (χ1n) is 13.1. The van der Waals surface area contributed by atoms with Gasteiger partial charge in [-0.3, -0.25) is 14.4 Å². The van der Waals surface area contributed by atoms with Crippen LogP contribution in [0.25, 0.3) is 0 Å². The molecule has 1 atom stereocenters. The zero-order chi connectivity index (χ0) is 28.8. The number of hydrogen-bond donors (Lipinski definition) is 0. The Bertz CT molecular complexity index is 1560. The van der Waals surface area contributed by atoms with Gasteiger partial charge in [-0.15, -0.1) is 0 Å². The number of esters is 2. The zero-order valence-corrected chi connectivity index (χ0v) is 22.6. The van der Waals surface area contributed by atoms with Gasteiger partial charge in [0.2, 0.25) is 0 Å². The molecule has 208 valence electrons. The summed E-state index contributed by atoms with van der Waals surface area (Å²) in [5.74, 6) is -0.194. The van der Waals surface area contributed by atoms with Crippen LogP contribution in [0.4, 0.5) is 0 Å². The highest BCUT2D eigenvalue weighted by molar-refractivity contribution is 6.03. The number of fused-ring (bicyclic) bond motifs is 1. The van der Waals surface area contributed by atoms with Crippen LogP contribution in [-0.4, -0.2) is 17.7 Å². The lowest BCUT2D eigenvalue weighted by atomic mass is 9.95. The Kier molecular flexibility index (Phi) is 8.29. The maximum Gasteiger partial charge on any atom is 0.308 e. The molecular formula is C33H28O8. The minimum absolute atomic E-state index is 0.00345. The van der Waals surface area contributed by atoms with E-state index in [1.54, 1.807) is 12.1 Å². The van der Waals surface area contributed by atoms with E-state index in [1.165, 1.54) is 26.0 Å². The number of hydrogen-bond acceptors (Lipinski definition) is 8. The summed E-state index contributed by atoms with van der Waals surface area (Å²) in [6.45, 7) is 3.14. The summed E-state index contributed by atoms with van der Waals surface area (Å²) in [7, 11) is 0. The van der Waals surface area contributed by atoms with Gasteiger partial charge in [0.25, 0.3) is 0 Å². The Labute approximate surface area is 237 Å². The van der Waals surface area contributed by atoms with Crippen LogP contribution in [0.1, 0.15) is 53.4 Å². The topological polar surface area (TPSA) is 97.4 Å². The molecule has 1 heterocycles. The van der Waals surface area contributed by atoms with E-state index in [9.17, 15) is 14.4 Å². The molecule has 1 aliphatic heterocycles. The van der Waals surface area contributed by atoms with E-state index in [0.29, 0.717) is 30.3 Å². The van der Waals surface area contributed by atoms with E-state index >= 15 is 0 Å². The van der Waals surface area contributed by atoms with E-state index in [1.807, 2.05) is 66.7 Å². The number of benzene rings is 4. The molecule has 0 amide bonds. The van der Waals surface area contributed by atoms with Gasteiger partial charge in [0.15, 0.2) is 17.3 Å². The molecule has 4 aromatic carbocycles. The Hall–Kier alpha value is -5.11. The molecule has 8 nitrogen and oxygen atoms in total. The molecule has 0 aliphatic carbocycles. The summed E-state index contributed by atoms with van der Waals surface area (Å²) in [5.41, 5.74) is 2.80. The zero-order valence-electron chi connectivity index (χ0n) is 22.6. The lowest BCUT2D eigenvalue weighted by Gasteiger charge is -2.27. The number of carbonyl (C=O) groups is 3. The number of carbonyl (C=O) groups excluding carboxylic acids is 3. The lowest BCUT2D eigenvalue weighted by molar-refractivity contribution is -0.132. The summed E-state index contributed by atoms with van der Waals surface area (Å²) in [4.78, 5) is 36.6. The second-order valence-corrected chi connectivity index (χ2v) is 9.47. The van der Waals surface area contributed by atoms with Crippen molar-refractivity contribution >= 4 is 17.7 Å². The minimum Gasteiger partial charge on any atom is -0.485 e. The predicted octanol–water partition coefficient (Wildman–Crippen LogP) is 6.40. The Morgan fingerprint density at radius 2 is 1.34 bits per heavy atom. The molecule has 0 fully saturated rings. The monoisotopic (exact) mass is 552 g/mol. The van der Waals surface area contributed by atoms with Crippen molar-refractivity contribution in [3.63, 3.8) is 0 Å². The standard InChI is InChI=1S/C33H28O8/c1-21(34)39-26-16-31(40-22(2)35)33-27(36)18-29(41-32(33)17-26)25-13-14-28(37-19-23-9-5-3-6-10-23)30(15-25)38-20-24-11-7-4-8-12-24/h3-17,29H,18-20H2,1-2H3/t29-/m1/s1. The molecule has 0 aromatic heterocycles. The fourth-order valence-corrected chi connectivity index (χ4v) is 4.47. The molecule has 41 heavy (non-hydrogen) atoms. The third-order valence-corrected chi connectivity index (χ3v) is 6.29. The van der Waals surface area contributed by atoms with Gasteiger partial charge in [0.1, 0.15) is 42.1 Å². The van der Waals surface area contributed by atoms with Crippen LogP contribution in [-0.2, 0) is 22.8 Å². The van der Waals surface area contributed by atoms with Gasteiger partial charge in [0, 0.05) is 26.0 Å². The highest BCUT2D eigenvalue weighted by Gasteiger charge is 2.33. The van der Waals surface area contributed by atoms with Crippen molar-refractivity contribution in [3.8, 4) is 28.7 Å². The van der Waals surface area contributed by atoms with Crippen molar-refractivity contribution < 1.29 is 38.1 Å². The van der Waals surface area contributed by atoms with Gasteiger partial charge in [-0.1, -0.05) is 66.7 Å². The second kappa shape index (κ2) is 12.4. The molecule has 1 aliphatic rings. The van der Waals surface area contributed by atoms with Crippen molar-refractivity contribution in [1.29, 1.82) is 0 Å². The molecule has 0 N–H and O–H groups in total. The van der Waals surface area contributed by atoms with Crippen molar-refractivity contribution in [2.75, 3.05) is 0 Å². The maximum absolute atomic E-state index is 13.3. The number of ketones is 1. The molecule has 8 heteroatoms. The molecular weight excluding hydrogens is 524 g/mol. The summed E-state index contributed by atoms with van der Waals surface area (Å²) in [6.07, 6.45) is -0.675. The lowest BCUT2D eigenvalue weighted by Crippen LogP contribution is -2.22. The highest BCUT2D eigenvalue weighted by atomic mass is 16.6. The Morgan fingerprint density at radius 3 is 1.95 bits per heavy atom. The van der Waals surface area contributed by atoms with Gasteiger partial charge < -0.3 is 23.7 Å². The van der Waals surface area contributed by atoms with Crippen LogP contribution in [0.3, 0.4) is 0 Å². The fourth-order valence-electron chi connectivity index (χ4n) is 4.47. The van der Waals surface area contributed by atoms with Crippen LogP contribution in [0, 0.1) is 0 Å². The average molecular weight is 553 g/mol. The van der Waals surface area contributed by atoms with Crippen molar-refractivity contribution in [1.82, 2.24) is 0 Å². The number of Topliss-reactive ketones (excluding diaryl/α,β-unsaturated/α-hetero) is 1. The number of rotatable bonds is 9. The van der Waals surface area contributed by atoms with Crippen molar-refractivity contribution in [2.45, 2.75) is 39.6 Å². The van der Waals surface area contributed by atoms with E-state index in [2.05, 4.69) is 0 Å². The molecule has 0 spiro atoms. The summed E-state index contributed by atoms with van der Waals surface area (Å²) >= 11 is 0. The SMILES string of the molecule is CC(=O)Oc1cc(OC(C)=O)c2c(c1)O[C@@H](c1ccc(OCc3ccccc3)c(OCc3ccccc3)c1)CC2=O. The smallest absolute Gasteiger partial charge is 0.308 e. The first-order chi connectivity index (χ1) is 19.9.